The average Bonchev–Trinajstić information content (AvgIpc) is 2.46. The van der Waals surface area contributed by atoms with Gasteiger partial charge < -0.3 is 10.2 Å². The van der Waals surface area contributed by atoms with Gasteiger partial charge >= 0.3 is 0 Å². The van der Waals surface area contributed by atoms with Crippen molar-refractivity contribution in [1.29, 1.82) is 0 Å². The molecule has 0 aliphatic rings. The minimum atomic E-state index is 0.460. The molecule has 0 spiro atoms. The number of hydrogen-bond donors (Lipinski definition) is 1. The Morgan fingerprint density at radius 3 is 2.77 bits per heavy atom. The van der Waals surface area contributed by atoms with Gasteiger partial charge in [0.25, 0.3) is 0 Å². The summed E-state index contributed by atoms with van der Waals surface area (Å²) in [5, 5.41) is 0. The lowest BCUT2D eigenvalue weighted by Crippen LogP contribution is -2.07. The standard InChI is InChI=1S/C10H14BrNO/c1-7(2)8(6-12)5-10-9(11)3-4-13-10/h3-5,7H,6,12H2,1-2H3/b8-5+. The predicted molar refractivity (Wildman–Crippen MR) is 58.3 cm³/mol. The summed E-state index contributed by atoms with van der Waals surface area (Å²) >= 11 is 3.39. The van der Waals surface area contributed by atoms with Gasteiger partial charge in [0.1, 0.15) is 5.76 Å². The van der Waals surface area contributed by atoms with E-state index < -0.39 is 0 Å². The average molecular weight is 244 g/mol. The maximum Gasteiger partial charge on any atom is 0.140 e. The van der Waals surface area contributed by atoms with Gasteiger partial charge in [-0.05, 0) is 34.0 Å². The molecule has 0 aliphatic carbocycles. The second-order valence-electron chi connectivity index (χ2n) is 3.21. The highest BCUT2D eigenvalue weighted by atomic mass is 79.9. The number of halogens is 1. The van der Waals surface area contributed by atoms with Gasteiger partial charge in [0.05, 0.1) is 10.7 Å². The third-order valence-corrected chi connectivity index (χ3v) is 2.59. The third-order valence-electron chi connectivity index (χ3n) is 1.94. The molecular weight excluding hydrogens is 230 g/mol. The molecule has 0 saturated carbocycles. The summed E-state index contributed by atoms with van der Waals surface area (Å²) < 4.78 is 6.24. The molecule has 1 heterocycles. The summed E-state index contributed by atoms with van der Waals surface area (Å²) in [5.74, 6) is 1.30. The minimum absolute atomic E-state index is 0.460. The Labute approximate surface area is 86.9 Å². The van der Waals surface area contributed by atoms with Crippen molar-refractivity contribution in [2.75, 3.05) is 6.54 Å². The molecule has 0 saturated heterocycles. The lowest BCUT2D eigenvalue weighted by molar-refractivity contribution is 0.553. The van der Waals surface area contributed by atoms with Crippen molar-refractivity contribution < 1.29 is 4.42 Å². The van der Waals surface area contributed by atoms with Gasteiger partial charge in [-0.1, -0.05) is 19.4 Å². The summed E-state index contributed by atoms with van der Waals surface area (Å²) in [5.41, 5.74) is 6.81. The number of furan rings is 1. The van der Waals surface area contributed by atoms with Crippen molar-refractivity contribution >= 4 is 22.0 Å². The Balaban J connectivity index is 2.91. The molecule has 0 atom stereocenters. The van der Waals surface area contributed by atoms with Crippen LogP contribution in [0.2, 0.25) is 0 Å². The van der Waals surface area contributed by atoms with E-state index in [1.165, 1.54) is 5.57 Å². The van der Waals surface area contributed by atoms with Gasteiger partial charge in [0.2, 0.25) is 0 Å². The first kappa shape index (κ1) is 10.5. The van der Waals surface area contributed by atoms with E-state index in [1.54, 1.807) is 6.26 Å². The zero-order valence-electron chi connectivity index (χ0n) is 7.88. The van der Waals surface area contributed by atoms with E-state index in [1.807, 2.05) is 12.1 Å². The van der Waals surface area contributed by atoms with Crippen LogP contribution in [0.4, 0.5) is 0 Å². The normalized spacial score (nSPS) is 12.5. The highest BCUT2D eigenvalue weighted by Gasteiger charge is 2.04. The molecule has 13 heavy (non-hydrogen) atoms. The van der Waals surface area contributed by atoms with E-state index in [4.69, 9.17) is 10.2 Å². The molecule has 0 amide bonds. The van der Waals surface area contributed by atoms with Crippen molar-refractivity contribution in [3.05, 3.63) is 28.1 Å². The van der Waals surface area contributed by atoms with Gasteiger partial charge in [0, 0.05) is 6.54 Å². The zero-order chi connectivity index (χ0) is 9.84. The fourth-order valence-electron chi connectivity index (χ4n) is 1.04. The predicted octanol–water partition coefficient (Wildman–Crippen LogP) is 3.04. The van der Waals surface area contributed by atoms with Crippen LogP contribution in [0.25, 0.3) is 6.08 Å². The van der Waals surface area contributed by atoms with Gasteiger partial charge in [-0.2, -0.15) is 0 Å². The van der Waals surface area contributed by atoms with Crippen LogP contribution in [-0.2, 0) is 0 Å². The molecule has 0 fully saturated rings. The second kappa shape index (κ2) is 4.63. The Morgan fingerprint density at radius 2 is 2.38 bits per heavy atom. The van der Waals surface area contributed by atoms with Crippen LogP contribution in [0.1, 0.15) is 19.6 Å². The van der Waals surface area contributed by atoms with Crippen molar-refractivity contribution in [3.8, 4) is 0 Å². The molecule has 0 aliphatic heterocycles. The molecule has 72 valence electrons. The number of hydrogen-bond acceptors (Lipinski definition) is 2. The molecule has 0 bridgehead atoms. The first-order chi connectivity index (χ1) is 6.15. The minimum Gasteiger partial charge on any atom is -0.464 e. The first-order valence-electron chi connectivity index (χ1n) is 4.28. The number of rotatable bonds is 3. The number of nitrogens with two attached hydrogens (primary N) is 1. The van der Waals surface area contributed by atoms with E-state index >= 15 is 0 Å². The van der Waals surface area contributed by atoms with Gasteiger partial charge in [-0.25, -0.2) is 0 Å². The maximum absolute atomic E-state index is 5.62. The van der Waals surface area contributed by atoms with Crippen molar-refractivity contribution in [2.24, 2.45) is 11.7 Å². The lowest BCUT2D eigenvalue weighted by atomic mass is 10.0. The Kier molecular flexibility index (Phi) is 3.75. The topological polar surface area (TPSA) is 39.2 Å². The van der Waals surface area contributed by atoms with E-state index in [0.29, 0.717) is 12.5 Å². The Hall–Kier alpha value is -0.540. The van der Waals surface area contributed by atoms with Crippen molar-refractivity contribution in [3.63, 3.8) is 0 Å². The van der Waals surface area contributed by atoms with Crippen LogP contribution in [-0.4, -0.2) is 6.54 Å². The van der Waals surface area contributed by atoms with E-state index in [9.17, 15) is 0 Å². The molecule has 0 aromatic carbocycles. The fraction of sp³-hybridized carbons (Fsp3) is 0.400. The van der Waals surface area contributed by atoms with Crippen LogP contribution >= 0.6 is 15.9 Å². The van der Waals surface area contributed by atoms with Crippen LogP contribution in [0.15, 0.2) is 26.8 Å². The quantitative estimate of drug-likeness (QED) is 0.887. The lowest BCUT2D eigenvalue weighted by Gasteiger charge is -2.07. The summed E-state index contributed by atoms with van der Waals surface area (Å²) in [6, 6.07) is 1.88. The fourth-order valence-corrected chi connectivity index (χ4v) is 1.35. The summed E-state index contributed by atoms with van der Waals surface area (Å²) in [6.07, 6.45) is 3.65. The molecule has 1 rings (SSSR count). The first-order valence-corrected chi connectivity index (χ1v) is 5.08. The van der Waals surface area contributed by atoms with E-state index in [0.717, 1.165) is 10.2 Å². The van der Waals surface area contributed by atoms with E-state index in [2.05, 4.69) is 29.8 Å². The van der Waals surface area contributed by atoms with Crippen LogP contribution in [0.5, 0.6) is 0 Å². The Morgan fingerprint density at radius 1 is 1.69 bits per heavy atom. The third kappa shape index (κ3) is 2.71. The van der Waals surface area contributed by atoms with Crippen molar-refractivity contribution in [2.45, 2.75) is 13.8 Å². The van der Waals surface area contributed by atoms with Crippen LogP contribution < -0.4 is 5.73 Å². The smallest absolute Gasteiger partial charge is 0.140 e. The van der Waals surface area contributed by atoms with Crippen LogP contribution in [0.3, 0.4) is 0 Å². The molecule has 2 N–H and O–H groups in total. The molecule has 3 heteroatoms. The largest absolute Gasteiger partial charge is 0.464 e. The summed E-state index contributed by atoms with van der Waals surface area (Å²) in [4.78, 5) is 0. The Bertz CT molecular complexity index is 302. The molecule has 0 unspecified atom stereocenters. The zero-order valence-corrected chi connectivity index (χ0v) is 9.47. The maximum atomic E-state index is 5.62. The van der Waals surface area contributed by atoms with E-state index in [-0.39, 0.29) is 0 Å². The van der Waals surface area contributed by atoms with Gasteiger partial charge in [-0.15, -0.1) is 0 Å². The molecule has 2 nitrogen and oxygen atoms in total. The highest BCUT2D eigenvalue weighted by molar-refractivity contribution is 9.10. The van der Waals surface area contributed by atoms with Gasteiger partial charge in [0.15, 0.2) is 0 Å². The summed E-state index contributed by atoms with van der Waals surface area (Å²) in [6.45, 7) is 4.82. The van der Waals surface area contributed by atoms with Crippen LogP contribution in [0, 0.1) is 5.92 Å². The molecule has 0 radical (unpaired) electrons. The SMILES string of the molecule is CC(C)/C(=C/c1occc1Br)CN. The van der Waals surface area contributed by atoms with Gasteiger partial charge in [-0.3, -0.25) is 0 Å². The highest BCUT2D eigenvalue weighted by Crippen LogP contribution is 2.22. The molecular formula is C10H14BrNO. The molecule has 1 aromatic heterocycles. The molecule has 1 aromatic rings. The summed E-state index contributed by atoms with van der Waals surface area (Å²) in [7, 11) is 0. The monoisotopic (exact) mass is 243 g/mol. The second-order valence-corrected chi connectivity index (χ2v) is 4.07. The van der Waals surface area contributed by atoms with Crippen molar-refractivity contribution in [1.82, 2.24) is 0 Å².